The SMILES string of the molecule is O=C(O)Cc1cn(-c2ncc3ccccc3n2)c2ccccc12. The lowest BCUT2D eigenvalue weighted by molar-refractivity contribution is -0.136. The molecule has 4 rings (SSSR count). The fraction of sp³-hybridized carbons (Fsp3) is 0.0556. The quantitative estimate of drug-likeness (QED) is 0.631. The minimum absolute atomic E-state index is 0.0267. The van der Waals surface area contributed by atoms with Gasteiger partial charge in [0.05, 0.1) is 17.5 Å². The van der Waals surface area contributed by atoms with Gasteiger partial charge in [-0.3, -0.25) is 9.36 Å². The average molecular weight is 303 g/mol. The number of para-hydroxylation sites is 2. The maximum Gasteiger partial charge on any atom is 0.307 e. The van der Waals surface area contributed by atoms with E-state index in [0.717, 1.165) is 27.4 Å². The van der Waals surface area contributed by atoms with Crippen molar-refractivity contribution < 1.29 is 9.90 Å². The molecule has 23 heavy (non-hydrogen) atoms. The number of hydrogen-bond donors (Lipinski definition) is 1. The first kappa shape index (κ1) is 13.5. The number of fused-ring (bicyclic) bond motifs is 2. The topological polar surface area (TPSA) is 68.0 Å². The van der Waals surface area contributed by atoms with E-state index >= 15 is 0 Å². The van der Waals surface area contributed by atoms with Gasteiger partial charge in [0, 0.05) is 23.2 Å². The molecule has 0 bridgehead atoms. The third-order valence-electron chi connectivity index (χ3n) is 3.83. The molecular weight excluding hydrogens is 290 g/mol. The number of aliphatic carboxylic acids is 1. The molecule has 4 aromatic rings. The van der Waals surface area contributed by atoms with Crippen molar-refractivity contribution in [2.75, 3.05) is 0 Å². The van der Waals surface area contributed by atoms with Gasteiger partial charge < -0.3 is 5.11 Å². The monoisotopic (exact) mass is 303 g/mol. The summed E-state index contributed by atoms with van der Waals surface area (Å²) in [5.74, 6) is -0.316. The van der Waals surface area contributed by atoms with Crippen LogP contribution in [0.4, 0.5) is 0 Å². The van der Waals surface area contributed by atoms with E-state index in [1.54, 1.807) is 6.20 Å². The van der Waals surface area contributed by atoms with Gasteiger partial charge in [0.1, 0.15) is 0 Å². The van der Waals surface area contributed by atoms with Crippen LogP contribution in [-0.2, 0) is 11.2 Å². The first-order valence-electron chi connectivity index (χ1n) is 7.25. The second-order valence-corrected chi connectivity index (χ2v) is 5.34. The zero-order valence-corrected chi connectivity index (χ0v) is 12.2. The Balaban J connectivity index is 1.94. The lowest BCUT2D eigenvalue weighted by Crippen LogP contribution is -2.01. The summed E-state index contributed by atoms with van der Waals surface area (Å²) in [4.78, 5) is 20.1. The van der Waals surface area contributed by atoms with Crippen molar-refractivity contribution in [3.63, 3.8) is 0 Å². The van der Waals surface area contributed by atoms with Crippen LogP contribution in [0.1, 0.15) is 5.56 Å². The molecule has 0 radical (unpaired) electrons. The van der Waals surface area contributed by atoms with Crippen LogP contribution in [0.15, 0.2) is 60.9 Å². The Morgan fingerprint density at radius 1 is 1.09 bits per heavy atom. The molecule has 0 atom stereocenters. The van der Waals surface area contributed by atoms with E-state index in [9.17, 15) is 4.79 Å². The van der Waals surface area contributed by atoms with E-state index in [0.29, 0.717) is 5.95 Å². The van der Waals surface area contributed by atoms with Gasteiger partial charge in [0.15, 0.2) is 0 Å². The molecule has 1 N–H and O–H groups in total. The Morgan fingerprint density at radius 2 is 1.87 bits per heavy atom. The Labute approximate surface area is 131 Å². The highest BCUT2D eigenvalue weighted by atomic mass is 16.4. The summed E-state index contributed by atoms with van der Waals surface area (Å²) in [5.41, 5.74) is 2.51. The molecule has 2 heterocycles. The fourth-order valence-electron chi connectivity index (χ4n) is 2.80. The summed E-state index contributed by atoms with van der Waals surface area (Å²) in [6, 6.07) is 15.5. The predicted octanol–water partition coefficient (Wildman–Crippen LogP) is 3.20. The highest BCUT2D eigenvalue weighted by Crippen LogP contribution is 2.24. The highest BCUT2D eigenvalue weighted by molar-refractivity contribution is 5.88. The maximum absolute atomic E-state index is 11.1. The van der Waals surface area contributed by atoms with E-state index in [-0.39, 0.29) is 6.42 Å². The van der Waals surface area contributed by atoms with Crippen LogP contribution in [0.25, 0.3) is 27.8 Å². The number of rotatable bonds is 3. The molecule has 0 saturated heterocycles. The summed E-state index contributed by atoms with van der Waals surface area (Å²) >= 11 is 0. The standard InChI is InChI=1S/C18H13N3O2/c22-17(23)9-13-11-21(16-8-4-2-6-14(13)16)18-19-10-12-5-1-3-7-15(12)20-18/h1-8,10-11H,9H2,(H,22,23). The summed E-state index contributed by atoms with van der Waals surface area (Å²) in [6.07, 6.45) is 3.56. The Kier molecular flexibility index (Phi) is 3.05. The molecule has 0 amide bonds. The van der Waals surface area contributed by atoms with Crippen molar-refractivity contribution in [3.05, 3.63) is 66.5 Å². The maximum atomic E-state index is 11.1. The summed E-state index contributed by atoms with van der Waals surface area (Å²) in [7, 11) is 0. The first-order chi connectivity index (χ1) is 11.2. The van der Waals surface area contributed by atoms with Gasteiger partial charge in [0.25, 0.3) is 0 Å². The van der Waals surface area contributed by atoms with E-state index < -0.39 is 5.97 Å². The van der Waals surface area contributed by atoms with Crippen molar-refractivity contribution in [1.29, 1.82) is 0 Å². The van der Waals surface area contributed by atoms with Gasteiger partial charge in [0.2, 0.25) is 5.95 Å². The molecule has 0 unspecified atom stereocenters. The average Bonchev–Trinajstić information content (AvgIpc) is 2.93. The molecule has 0 spiro atoms. The largest absolute Gasteiger partial charge is 0.481 e. The van der Waals surface area contributed by atoms with E-state index in [2.05, 4.69) is 9.97 Å². The van der Waals surface area contributed by atoms with Gasteiger partial charge in [-0.2, -0.15) is 0 Å². The van der Waals surface area contributed by atoms with Crippen molar-refractivity contribution in [2.45, 2.75) is 6.42 Å². The van der Waals surface area contributed by atoms with Crippen LogP contribution in [-0.4, -0.2) is 25.6 Å². The molecular formula is C18H13N3O2. The van der Waals surface area contributed by atoms with E-state index in [1.807, 2.05) is 59.3 Å². The number of hydrogen-bond acceptors (Lipinski definition) is 3. The minimum atomic E-state index is -0.854. The van der Waals surface area contributed by atoms with E-state index in [1.165, 1.54) is 0 Å². The molecule has 0 aliphatic rings. The third-order valence-corrected chi connectivity index (χ3v) is 3.83. The van der Waals surface area contributed by atoms with Crippen molar-refractivity contribution >= 4 is 27.8 Å². The fourth-order valence-corrected chi connectivity index (χ4v) is 2.80. The van der Waals surface area contributed by atoms with Gasteiger partial charge in [-0.05, 0) is 17.7 Å². The zero-order valence-electron chi connectivity index (χ0n) is 12.2. The first-order valence-corrected chi connectivity index (χ1v) is 7.25. The van der Waals surface area contributed by atoms with Crippen molar-refractivity contribution in [2.24, 2.45) is 0 Å². The summed E-state index contributed by atoms with van der Waals surface area (Å²) in [5, 5.41) is 11.0. The normalized spacial score (nSPS) is 11.1. The molecule has 5 heteroatoms. The molecule has 0 aliphatic heterocycles. The summed E-state index contributed by atoms with van der Waals surface area (Å²) in [6.45, 7) is 0. The molecule has 0 aliphatic carbocycles. The van der Waals surface area contributed by atoms with Gasteiger partial charge in [-0.1, -0.05) is 36.4 Å². The van der Waals surface area contributed by atoms with Crippen LogP contribution in [0.2, 0.25) is 0 Å². The smallest absolute Gasteiger partial charge is 0.307 e. The van der Waals surface area contributed by atoms with Crippen molar-refractivity contribution in [1.82, 2.24) is 14.5 Å². The lowest BCUT2D eigenvalue weighted by Gasteiger charge is -2.04. The van der Waals surface area contributed by atoms with Gasteiger partial charge >= 0.3 is 5.97 Å². The number of carboxylic acids is 1. The molecule has 5 nitrogen and oxygen atoms in total. The van der Waals surface area contributed by atoms with Crippen LogP contribution in [0.3, 0.4) is 0 Å². The molecule has 0 saturated carbocycles. The minimum Gasteiger partial charge on any atom is -0.481 e. The zero-order chi connectivity index (χ0) is 15.8. The lowest BCUT2D eigenvalue weighted by atomic mass is 10.1. The van der Waals surface area contributed by atoms with Gasteiger partial charge in [-0.15, -0.1) is 0 Å². The second-order valence-electron chi connectivity index (χ2n) is 5.34. The Hall–Kier alpha value is -3.21. The third kappa shape index (κ3) is 2.32. The van der Waals surface area contributed by atoms with Crippen LogP contribution in [0.5, 0.6) is 0 Å². The highest BCUT2D eigenvalue weighted by Gasteiger charge is 2.13. The van der Waals surface area contributed by atoms with Crippen molar-refractivity contribution in [3.8, 4) is 5.95 Å². The number of nitrogens with zero attached hydrogens (tertiary/aromatic N) is 3. The Bertz CT molecular complexity index is 1040. The van der Waals surface area contributed by atoms with Crippen LogP contribution in [0, 0.1) is 0 Å². The molecule has 2 aromatic carbocycles. The number of carboxylic acid groups (broad SMARTS) is 1. The number of carbonyl (C=O) groups is 1. The summed E-state index contributed by atoms with van der Waals surface area (Å²) < 4.78 is 1.85. The molecule has 0 fully saturated rings. The number of aromatic nitrogens is 3. The molecule has 2 aromatic heterocycles. The van der Waals surface area contributed by atoms with Crippen LogP contribution < -0.4 is 0 Å². The second kappa shape index (κ2) is 5.21. The van der Waals surface area contributed by atoms with E-state index in [4.69, 9.17) is 5.11 Å². The molecule has 112 valence electrons. The van der Waals surface area contributed by atoms with Crippen LogP contribution >= 0.6 is 0 Å². The van der Waals surface area contributed by atoms with Gasteiger partial charge in [-0.25, -0.2) is 9.97 Å². The Morgan fingerprint density at radius 3 is 2.74 bits per heavy atom. The predicted molar refractivity (Wildman–Crippen MR) is 87.7 cm³/mol. The number of benzene rings is 2.